The average molecular weight is 264 g/mol. The van der Waals surface area contributed by atoms with Crippen LogP contribution in [-0.4, -0.2) is 47.6 Å². The Hall–Kier alpha value is -1.40. The predicted octanol–water partition coefficient (Wildman–Crippen LogP) is 1.54. The van der Waals surface area contributed by atoms with Crippen LogP contribution in [0.1, 0.15) is 26.2 Å². The van der Waals surface area contributed by atoms with Gasteiger partial charge in [0.15, 0.2) is 0 Å². The zero-order valence-electron chi connectivity index (χ0n) is 10.3. The Balaban J connectivity index is 2.35. The van der Waals surface area contributed by atoms with Gasteiger partial charge in [-0.25, -0.2) is 13.6 Å². The smallest absolute Gasteiger partial charge is 0.317 e. The van der Waals surface area contributed by atoms with Crippen LogP contribution in [0.15, 0.2) is 0 Å². The van der Waals surface area contributed by atoms with Crippen molar-refractivity contribution in [2.75, 3.05) is 19.6 Å². The van der Waals surface area contributed by atoms with E-state index in [0.717, 1.165) is 6.92 Å². The molecule has 1 aliphatic rings. The average Bonchev–Trinajstić information content (AvgIpc) is 2.27. The van der Waals surface area contributed by atoms with E-state index in [1.165, 1.54) is 4.90 Å². The highest BCUT2D eigenvalue weighted by Gasteiger charge is 2.28. The zero-order chi connectivity index (χ0) is 13.8. The summed E-state index contributed by atoms with van der Waals surface area (Å²) in [5, 5.41) is 11.2. The zero-order valence-corrected chi connectivity index (χ0v) is 10.3. The van der Waals surface area contributed by atoms with E-state index in [0.29, 0.717) is 19.4 Å². The minimum atomic E-state index is -2.81. The summed E-state index contributed by atoms with van der Waals surface area (Å²) in [6.07, 6.45) is 0.745. The maximum Gasteiger partial charge on any atom is 0.317 e. The number of likely N-dealkylation sites (tertiary alicyclic amines) is 1. The molecule has 104 valence electrons. The molecule has 1 fully saturated rings. The molecule has 2 amide bonds. The maximum atomic E-state index is 12.5. The molecule has 1 aliphatic heterocycles. The number of amides is 2. The van der Waals surface area contributed by atoms with E-state index in [2.05, 4.69) is 5.32 Å². The molecule has 0 saturated carbocycles. The lowest BCUT2D eigenvalue weighted by Crippen LogP contribution is -2.47. The lowest BCUT2D eigenvalue weighted by molar-refractivity contribution is -0.143. The number of halogens is 2. The quantitative estimate of drug-likeness (QED) is 0.809. The molecule has 1 unspecified atom stereocenters. The Labute approximate surface area is 104 Å². The third-order valence-electron chi connectivity index (χ3n) is 2.90. The molecule has 18 heavy (non-hydrogen) atoms. The summed E-state index contributed by atoms with van der Waals surface area (Å²) in [7, 11) is 0. The first-order valence-corrected chi connectivity index (χ1v) is 5.93. The van der Waals surface area contributed by atoms with Crippen LogP contribution in [0.25, 0.3) is 0 Å². The van der Waals surface area contributed by atoms with Gasteiger partial charge in [0.05, 0.1) is 5.92 Å². The van der Waals surface area contributed by atoms with Crippen LogP contribution in [0.4, 0.5) is 13.6 Å². The van der Waals surface area contributed by atoms with E-state index >= 15 is 0 Å². The van der Waals surface area contributed by atoms with Gasteiger partial charge in [0.2, 0.25) is 5.92 Å². The largest absolute Gasteiger partial charge is 0.481 e. The molecule has 0 aromatic heterocycles. The van der Waals surface area contributed by atoms with Crippen molar-refractivity contribution >= 4 is 12.0 Å². The van der Waals surface area contributed by atoms with Gasteiger partial charge in [-0.2, -0.15) is 0 Å². The molecule has 1 heterocycles. The fourth-order valence-electron chi connectivity index (χ4n) is 1.86. The molecule has 0 bridgehead atoms. The Morgan fingerprint density at radius 2 is 2.17 bits per heavy atom. The third kappa shape index (κ3) is 4.85. The SMILES string of the molecule is CC(F)(F)CCNC(=O)N1CCCC(C(=O)O)C1. The van der Waals surface area contributed by atoms with Gasteiger partial charge >= 0.3 is 12.0 Å². The van der Waals surface area contributed by atoms with Gasteiger partial charge in [-0.1, -0.05) is 0 Å². The van der Waals surface area contributed by atoms with Gasteiger partial charge in [-0.15, -0.1) is 0 Å². The molecule has 1 atom stereocenters. The first kappa shape index (κ1) is 14.7. The lowest BCUT2D eigenvalue weighted by Gasteiger charge is -2.30. The number of carbonyl (C=O) groups is 2. The minimum absolute atomic E-state index is 0.115. The van der Waals surface area contributed by atoms with Crippen molar-refractivity contribution < 1.29 is 23.5 Å². The van der Waals surface area contributed by atoms with Crippen molar-refractivity contribution in [1.82, 2.24) is 10.2 Å². The van der Waals surface area contributed by atoms with Crippen molar-refractivity contribution in [2.24, 2.45) is 5.92 Å². The number of hydrogen-bond donors (Lipinski definition) is 2. The minimum Gasteiger partial charge on any atom is -0.481 e. The van der Waals surface area contributed by atoms with Gasteiger partial charge in [-0.05, 0) is 19.8 Å². The van der Waals surface area contributed by atoms with E-state index in [1.807, 2.05) is 0 Å². The van der Waals surface area contributed by atoms with Crippen LogP contribution in [0.3, 0.4) is 0 Å². The number of urea groups is 1. The number of aliphatic carboxylic acids is 1. The first-order chi connectivity index (χ1) is 8.29. The number of carboxylic acids is 1. The van der Waals surface area contributed by atoms with Crippen molar-refractivity contribution in [2.45, 2.75) is 32.1 Å². The van der Waals surface area contributed by atoms with Crippen LogP contribution in [0.5, 0.6) is 0 Å². The summed E-state index contributed by atoms with van der Waals surface area (Å²) < 4.78 is 25.1. The summed E-state index contributed by atoms with van der Waals surface area (Å²) in [4.78, 5) is 23.8. The van der Waals surface area contributed by atoms with Gasteiger partial charge in [0, 0.05) is 26.1 Å². The standard InChI is InChI=1S/C11H18F2N2O3/c1-11(12,13)4-5-14-10(18)15-6-2-3-8(7-15)9(16)17/h8H,2-7H2,1H3,(H,14,18)(H,16,17). The molecule has 7 heteroatoms. The highest BCUT2D eigenvalue weighted by Crippen LogP contribution is 2.17. The van der Waals surface area contributed by atoms with Crippen LogP contribution < -0.4 is 5.32 Å². The second kappa shape index (κ2) is 5.97. The van der Waals surface area contributed by atoms with E-state index in [-0.39, 0.29) is 13.1 Å². The van der Waals surface area contributed by atoms with E-state index < -0.39 is 30.3 Å². The summed E-state index contributed by atoms with van der Waals surface area (Å²) >= 11 is 0. The van der Waals surface area contributed by atoms with E-state index in [1.54, 1.807) is 0 Å². The van der Waals surface area contributed by atoms with Crippen LogP contribution in [0.2, 0.25) is 0 Å². The van der Waals surface area contributed by atoms with Crippen LogP contribution in [-0.2, 0) is 4.79 Å². The Morgan fingerprint density at radius 3 is 2.72 bits per heavy atom. The Morgan fingerprint density at radius 1 is 1.50 bits per heavy atom. The highest BCUT2D eigenvalue weighted by molar-refractivity contribution is 5.76. The van der Waals surface area contributed by atoms with Crippen molar-refractivity contribution in [3.63, 3.8) is 0 Å². The number of rotatable bonds is 4. The number of alkyl halides is 2. The summed E-state index contributed by atoms with van der Waals surface area (Å²) in [6.45, 7) is 1.29. The van der Waals surface area contributed by atoms with Crippen molar-refractivity contribution in [3.8, 4) is 0 Å². The predicted molar refractivity (Wildman–Crippen MR) is 60.6 cm³/mol. The number of carboxylic acid groups (broad SMARTS) is 1. The number of carbonyl (C=O) groups excluding carboxylic acids is 1. The second-order valence-electron chi connectivity index (χ2n) is 4.68. The third-order valence-corrected chi connectivity index (χ3v) is 2.90. The van der Waals surface area contributed by atoms with E-state index in [4.69, 9.17) is 5.11 Å². The second-order valence-corrected chi connectivity index (χ2v) is 4.68. The topological polar surface area (TPSA) is 69.6 Å². The number of nitrogens with one attached hydrogen (secondary N) is 1. The van der Waals surface area contributed by atoms with Crippen molar-refractivity contribution in [3.05, 3.63) is 0 Å². The Bertz CT molecular complexity index is 318. The fourth-order valence-corrected chi connectivity index (χ4v) is 1.86. The molecule has 1 rings (SSSR count). The number of hydrogen-bond acceptors (Lipinski definition) is 2. The molecule has 0 radical (unpaired) electrons. The molecule has 2 N–H and O–H groups in total. The van der Waals surface area contributed by atoms with Crippen LogP contribution in [0, 0.1) is 5.92 Å². The summed E-state index contributed by atoms with van der Waals surface area (Å²) in [5.74, 6) is -4.29. The molecule has 0 aromatic carbocycles. The highest BCUT2D eigenvalue weighted by atomic mass is 19.3. The monoisotopic (exact) mass is 264 g/mol. The molecular formula is C11H18F2N2O3. The lowest BCUT2D eigenvalue weighted by atomic mass is 9.99. The summed E-state index contributed by atoms with van der Waals surface area (Å²) in [6, 6.07) is -0.467. The molecule has 0 aliphatic carbocycles. The normalized spacial score (nSPS) is 20.6. The summed E-state index contributed by atoms with van der Waals surface area (Å²) in [5.41, 5.74) is 0. The molecule has 5 nitrogen and oxygen atoms in total. The van der Waals surface area contributed by atoms with Gasteiger partial charge < -0.3 is 15.3 Å². The van der Waals surface area contributed by atoms with Gasteiger partial charge in [-0.3, -0.25) is 4.79 Å². The van der Waals surface area contributed by atoms with Gasteiger partial charge in [0.25, 0.3) is 0 Å². The Kier molecular flexibility index (Phi) is 4.86. The molecule has 0 aromatic rings. The van der Waals surface area contributed by atoms with E-state index in [9.17, 15) is 18.4 Å². The molecule has 0 spiro atoms. The first-order valence-electron chi connectivity index (χ1n) is 5.93. The number of nitrogens with zero attached hydrogens (tertiary/aromatic N) is 1. The van der Waals surface area contributed by atoms with Gasteiger partial charge in [0.1, 0.15) is 0 Å². The van der Waals surface area contributed by atoms with Crippen LogP contribution >= 0.6 is 0 Å². The maximum absolute atomic E-state index is 12.5. The van der Waals surface area contributed by atoms with Crippen molar-refractivity contribution in [1.29, 1.82) is 0 Å². The molecular weight excluding hydrogens is 246 g/mol. The molecule has 1 saturated heterocycles. The fraction of sp³-hybridized carbons (Fsp3) is 0.818. The number of piperidine rings is 1.